The Morgan fingerprint density at radius 3 is 1.06 bits per heavy atom. The highest BCUT2D eigenvalue weighted by atomic mass is 14.8. The molecule has 8 fully saturated rings. The first kappa shape index (κ1) is 32.3. The first-order chi connectivity index (χ1) is 24.7. The molecule has 0 N–H and O–H groups in total. The maximum atomic E-state index is 6.09. The maximum absolute atomic E-state index is 6.09. The molecule has 8 bridgehead atoms. The lowest BCUT2D eigenvalue weighted by atomic mass is 9.24. The summed E-state index contributed by atoms with van der Waals surface area (Å²) in [6.45, 7) is 10.7. The third kappa shape index (κ3) is 4.12. The van der Waals surface area contributed by atoms with Crippen LogP contribution in [0.25, 0.3) is 21.5 Å². The van der Waals surface area contributed by atoms with Gasteiger partial charge in [0.2, 0.25) is 0 Å². The van der Waals surface area contributed by atoms with Crippen molar-refractivity contribution in [2.45, 2.75) is 116 Å². The lowest BCUT2D eigenvalue weighted by Gasteiger charge is -2.80. The minimum atomic E-state index is 0.117. The Balaban J connectivity index is 1.18. The van der Waals surface area contributed by atoms with Crippen LogP contribution in [-0.4, -0.2) is 0 Å². The Hall–Kier alpha value is -4.36. The standard InChI is InChI=1S/C52H50/c1-9-35-19-39-15-13-17-43(41(39)21-37(35)11-3)49-25-45(5)23-46(6,26-49)30-51(29-45,33-49)52-31-47(7)24-48(8,32-52)28-50(27-47,34-52)44-18-14-16-40-20-36(10-2)38(12-4)22-42(40)44/h1-4,13-22H,23-34H2,5-8H3. The minimum Gasteiger partial charge on any atom is -0.115 e. The van der Waals surface area contributed by atoms with E-state index in [-0.39, 0.29) is 21.7 Å². The van der Waals surface area contributed by atoms with E-state index in [0.29, 0.717) is 21.7 Å². The molecule has 8 aliphatic carbocycles. The summed E-state index contributed by atoms with van der Waals surface area (Å²) in [7, 11) is 0. The van der Waals surface area contributed by atoms with Gasteiger partial charge in [-0.05, 0) is 177 Å². The normalized spacial score (nSPS) is 40.7. The molecule has 0 amide bonds. The monoisotopic (exact) mass is 674 g/mol. The highest BCUT2D eigenvalue weighted by molar-refractivity contribution is 5.91. The number of fused-ring (bicyclic) bond motifs is 2. The van der Waals surface area contributed by atoms with Crippen molar-refractivity contribution in [1.29, 1.82) is 0 Å². The average molecular weight is 675 g/mol. The molecule has 4 atom stereocenters. The van der Waals surface area contributed by atoms with Crippen LogP contribution < -0.4 is 0 Å². The van der Waals surface area contributed by atoms with Crippen molar-refractivity contribution in [2.24, 2.45) is 32.5 Å². The van der Waals surface area contributed by atoms with Crippen LogP contribution in [0.2, 0.25) is 0 Å². The van der Waals surface area contributed by atoms with Crippen molar-refractivity contribution in [1.82, 2.24) is 0 Å². The van der Waals surface area contributed by atoms with Crippen molar-refractivity contribution in [3.05, 3.63) is 94.0 Å². The second kappa shape index (κ2) is 9.79. The van der Waals surface area contributed by atoms with Gasteiger partial charge >= 0.3 is 0 Å². The molecule has 4 aromatic carbocycles. The zero-order valence-electron chi connectivity index (χ0n) is 31.6. The molecule has 0 heteroatoms. The second-order valence-electron chi connectivity index (χ2n) is 20.9. The van der Waals surface area contributed by atoms with Gasteiger partial charge in [0, 0.05) is 22.3 Å². The summed E-state index contributed by atoms with van der Waals surface area (Å²) in [5, 5.41) is 5.11. The van der Waals surface area contributed by atoms with E-state index in [4.69, 9.17) is 25.7 Å². The number of benzene rings is 4. The SMILES string of the molecule is C#Cc1cc2cccc(C34CC5(C)CC(C)(C3)CC(C36CC7(C)CC(C)(CC(c8cccc9cc(C#C)c(C#C)cc89)(C7)C3)C6)(C5)C4)c2cc1C#C. The van der Waals surface area contributed by atoms with Crippen molar-refractivity contribution in [3.8, 4) is 49.4 Å². The van der Waals surface area contributed by atoms with Crippen LogP contribution in [0.1, 0.15) is 138 Å². The second-order valence-corrected chi connectivity index (χ2v) is 20.9. The molecule has 258 valence electrons. The molecule has 52 heavy (non-hydrogen) atoms. The van der Waals surface area contributed by atoms with Gasteiger partial charge in [0.15, 0.2) is 0 Å². The molecule has 12 rings (SSSR count). The molecule has 0 saturated heterocycles. The molecule has 0 nitrogen and oxygen atoms in total. The van der Waals surface area contributed by atoms with Gasteiger partial charge in [-0.3, -0.25) is 0 Å². The molecule has 8 saturated carbocycles. The molecular formula is C52H50. The third-order valence-electron chi connectivity index (χ3n) is 16.1. The van der Waals surface area contributed by atoms with E-state index in [2.05, 4.69) is 112 Å². The topological polar surface area (TPSA) is 0 Å². The molecule has 4 aromatic rings. The highest BCUT2D eigenvalue weighted by Crippen LogP contribution is 2.85. The average Bonchev–Trinajstić information content (AvgIpc) is 3.06. The van der Waals surface area contributed by atoms with Crippen LogP contribution in [0.4, 0.5) is 0 Å². The maximum Gasteiger partial charge on any atom is 0.0405 e. The van der Waals surface area contributed by atoms with E-state index in [1.165, 1.54) is 110 Å². The van der Waals surface area contributed by atoms with Crippen LogP contribution in [0.5, 0.6) is 0 Å². The summed E-state index contributed by atoms with van der Waals surface area (Å²) >= 11 is 0. The Kier molecular flexibility index (Phi) is 6.08. The molecule has 0 heterocycles. The summed E-state index contributed by atoms with van der Waals surface area (Å²) in [6, 6.07) is 22.9. The van der Waals surface area contributed by atoms with Gasteiger partial charge < -0.3 is 0 Å². The Labute approximate surface area is 311 Å². The summed E-state index contributed by atoms with van der Waals surface area (Å²) in [4.78, 5) is 0. The van der Waals surface area contributed by atoms with Gasteiger partial charge in [0.05, 0.1) is 0 Å². The van der Waals surface area contributed by atoms with Gasteiger partial charge in [-0.15, -0.1) is 25.7 Å². The zero-order chi connectivity index (χ0) is 36.2. The van der Waals surface area contributed by atoms with E-state index in [9.17, 15) is 0 Å². The van der Waals surface area contributed by atoms with E-state index in [0.717, 1.165) is 22.3 Å². The van der Waals surface area contributed by atoms with Gasteiger partial charge in [-0.1, -0.05) is 87.8 Å². The van der Waals surface area contributed by atoms with Crippen molar-refractivity contribution in [2.75, 3.05) is 0 Å². The van der Waals surface area contributed by atoms with E-state index < -0.39 is 0 Å². The first-order valence-electron chi connectivity index (χ1n) is 19.7. The van der Waals surface area contributed by atoms with Gasteiger partial charge in [0.1, 0.15) is 0 Å². The predicted molar refractivity (Wildman–Crippen MR) is 216 cm³/mol. The number of terminal acetylenes is 4. The molecule has 0 radical (unpaired) electrons. The number of rotatable bonds is 3. The Bertz CT molecular complexity index is 2240. The fourth-order valence-corrected chi connectivity index (χ4v) is 17.1. The number of hydrogen-bond acceptors (Lipinski definition) is 0. The minimum absolute atomic E-state index is 0.117. The van der Waals surface area contributed by atoms with Crippen molar-refractivity contribution >= 4 is 21.5 Å². The molecule has 0 spiro atoms. The first-order valence-corrected chi connectivity index (χ1v) is 19.7. The van der Waals surface area contributed by atoms with E-state index in [1.54, 1.807) is 0 Å². The van der Waals surface area contributed by atoms with Gasteiger partial charge in [-0.2, -0.15) is 0 Å². The lowest BCUT2D eigenvalue weighted by molar-refractivity contribution is -0.275. The Morgan fingerprint density at radius 1 is 0.404 bits per heavy atom. The highest BCUT2D eigenvalue weighted by Gasteiger charge is 2.76. The molecule has 0 aromatic heterocycles. The molecule has 4 unspecified atom stereocenters. The summed E-state index contributed by atoms with van der Waals surface area (Å²) < 4.78 is 0. The third-order valence-corrected chi connectivity index (χ3v) is 16.1. The largest absolute Gasteiger partial charge is 0.115 e. The summed E-state index contributed by atoms with van der Waals surface area (Å²) in [5.41, 5.74) is 8.44. The van der Waals surface area contributed by atoms with Crippen LogP contribution in [0, 0.1) is 81.9 Å². The number of hydrogen-bond donors (Lipinski definition) is 0. The van der Waals surface area contributed by atoms with E-state index >= 15 is 0 Å². The smallest absolute Gasteiger partial charge is 0.0405 e. The Morgan fingerprint density at radius 2 is 0.731 bits per heavy atom. The lowest BCUT2D eigenvalue weighted by Crippen LogP contribution is -2.71. The van der Waals surface area contributed by atoms with Crippen molar-refractivity contribution < 1.29 is 0 Å². The predicted octanol–water partition coefficient (Wildman–Crippen LogP) is 11.9. The zero-order valence-corrected chi connectivity index (χ0v) is 31.6. The molecular weight excluding hydrogens is 625 g/mol. The van der Waals surface area contributed by atoms with Crippen LogP contribution in [0.15, 0.2) is 60.7 Å². The van der Waals surface area contributed by atoms with E-state index in [1.807, 2.05) is 0 Å². The van der Waals surface area contributed by atoms with Gasteiger partial charge in [-0.25, -0.2) is 0 Å². The fourth-order valence-electron chi connectivity index (χ4n) is 17.1. The van der Waals surface area contributed by atoms with Crippen LogP contribution >= 0.6 is 0 Å². The van der Waals surface area contributed by atoms with Crippen molar-refractivity contribution in [3.63, 3.8) is 0 Å². The van der Waals surface area contributed by atoms with Crippen LogP contribution in [-0.2, 0) is 10.8 Å². The molecule has 0 aliphatic heterocycles. The summed E-state index contributed by atoms with van der Waals surface area (Å²) in [5.74, 6) is 11.6. The fraction of sp³-hybridized carbons (Fsp3) is 0.462. The van der Waals surface area contributed by atoms with Gasteiger partial charge in [0.25, 0.3) is 0 Å². The quantitative estimate of drug-likeness (QED) is 0.190. The molecule has 8 aliphatic rings. The van der Waals surface area contributed by atoms with Crippen LogP contribution in [0.3, 0.4) is 0 Å². The summed E-state index contributed by atoms with van der Waals surface area (Å²) in [6.07, 6.45) is 39.9.